The lowest BCUT2D eigenvalue weighted by atomic mass is 10.1. The van der Waals surface area contributed by atoms with Gasteiger partial charge in [-0.1, -0.05) is 19.8 Å². The minimum absolute atomic E-state index is 0.0648. The van der Waals surface area contributed by atoms with Gasteiger partial charge in [-0.2, -0.15) is 0 Å². The Balaban J connectivity index is 0.00000433. The van der Waals surface area contributed by atoms with Crippen LogP contribution in [-0.2, 0) is 35.2 Å². The lowest BCUT2D eigenvalue weighted by Gasteiger charge is -2.22. The number of rotatable bonds is 22. The van der Waals surface area contributed by atoms with Crippen LogP contribution in [0.15, 0.2) is 12.5 Å². The summed E-state index contributed by atoms with van der Waals surface area (Å²) < 4.78 is 0. The molecule has 0 bridgehead atoms. The molecule has 0 spiro atoms. The van der Waals surface area contributed by atoms with E-state index in [4.69, 9.17) is 27.1 Å². The van der Waals surface area contributed by atoms with Crippen molar-refractivity contribution >= 4 is 35.5 Å². The predicted octanol–water partition coefficient (Wildman–Crippen LogP) is -1.06. The van der Waals surface area contributed by atoms with Crippen molar-refractivity contribution in [3.8, 4) is 0 Å². The summed E-state index contributed by atoms with van der Waals surface area (Å²) >= 11 is 0. The minimum Gasteiger partial charge on any atom is -0.481 e. The molecule has 16 nitrogen and oxygen atoms in total. The third-order valence-electron chi connectivity index (χ3n) is 6.27. The molecular weight excluding hydrogens is 574 g/mol. The molecule has 0 saturated heterocycles. The van der Waals surface area contributed by atoms with Crippen LogP contribution >= 0.6 is 0 Å². The SMILES string of the molecule is CC(=O)O.CCCCCC(=O)N[C@@H](CCCCN)C(=O)NCC(=O)N[C@@H](Cc1cnc[nH]1)C(=O)N[C@@H](CCCCN)C(N)=O. The highest BCUT2D eigenvalue weighted by molar-refractivity contribution is 5.94. The van der Waals surface area contributed by atoms with E-state index >= 15 is 0 Å². The van der Waals surface area contributed by atoms with Crippen LogP contribution in [-0.4, -0.2) is 88.3 Å². The number of H-pyrrole nitrogens is 1. The van der Waals surface area contributed by atoms with Crippen LogP contribution < -0.4 is 38.5 Å². The molecular formula is C28H51N9O7. The second-order valence-corrected chi connectivity index (χ2v) is 10.2. The highest BCUT2D eigenvalue weighted by atomic mass is 16.4. The number of carbonyl (C=O) groups is 6. The molecule has 0 aliphatic heterocycles. The highest BCUT2D eigenvalue weighted by Gasteiger charge is 2.27. The van der Waals surface area contributed by atoms with Crippen molar-refractivity contribution in [2.75, 3.05) is 19.6 Å². The van der Waals surface area contributed by atoms with Gasteiger partial charge in [-0.3, -0.25) is 28.8 Å². The van der Waals surface area contributed by atoms with E-state index in [0.29, 0.717) is 63.7 Å². The smallest absolute Gasteiger partial charge is 0.300 e. The standard InChI is InChI=1S/C26H47N9O5.C2H4O2/c1-2-3-4-11-22(36)33-20(10-6-8-13-28)25(39)31-16-23(37)34-21(14-18-15-30-17-32-18)26(40)35-19(24(29)38)9-5-7-12-27;1-2(3)4/h15,17,19-21H,2-14,16,27-28H2,1H3,(H2,29,38)(H,30,32)(H,31,39)(H,33,36)(H,34,37)(H,35,40);1H3,(H,3,4)/t19-,20-,21-;/m0./s1. The predicted molar refractivity (Wildman–Crippen MR) is 164 cm³/mol. The average Bonchev–Trinajstić information content (AvgIpc) is 3.47. The molecule has 12 N–H and O–H groups in total. The maximum absolute atomic E-state index is 13.0. The van der Waals surface area contributed by atoms with Crippen molar-refractivity contribution < 1.29 is 33.9 Å². The number of amides is 5. The molecule has 0 radical (unpaired) electrons. The number of nitrogens with one attached hydrogen (secondary N) is 5. The Kier molecular flexibility index (Phi) is 22.2. The van der Waals surface area contributed by atoms with Crippen LogP contribution in [0, 0.1) is 0 Å². The van der Waals surface area contributed by atoms with Crippen LogP contribution in [0.4, 0.5) is 0 Å². The number of carbonyl (C=O) groups excluding carboxylic acids is 5. The first-order valence-corrected chi connectivity index (χ1v) is 15.0. The van der Waals surface area contributed by atoms with Crippen LogP contribution in [0.3, 0.4) is 0 Å². The summed E-state index contributed by atoms with van der Waals surface area (Å²) in [5.74, 6) is -3.48. The highest BCUT2D eigenvalue weighted by Crippen LogP contribution is 2.05. The van der Waals surface area contributed by atoms with E-state index in [0.717, 1.165) is 26.2 Å². The molecule has 3 atom stereocenters. The number of nitrogens with zero attached hydrogens (tertiary/aromatic N) is 1. The Morgan fingerprint density at radius 2 is 1.43 bits per heavy atom. The number of unbranched alkanes of at least 4 members (excludes halogenated alkanes) is 4. The first-order valence-electron chi connectivity index (χ1n) is 15.0. The molecule has 0 unspecified atom stereocenters. The zero-order valence-corrected chi connectivity index (χ0v) is 25.9. The number of imidazole rings is 1. The van der Waals surface area contributed by atoms with E-state index in [1.165, 1.54) is 12.5 Å². The van der Waals surface area contributed by atoms with E-state index in [1.807, 2.05) is 6.92 Å². The lowest BCUT2D eigenvalue weighted by molar-refractivity contribution is -0.134. The molecule has 0 aromatic carbocycles. The Labute approximate surface area is 258 Å². The van der Waals surface area contributed by atoms with Gasteiger partial charge in [0.25, 0.3) is 5.97 Å². The number of nitrogens with two attached hydrogens (primary N) is 3. The quantitative estimate of drug-likeness (QED) is 0.0704. The van der Waals surface area contributed by atoms with Gasteiger partial charge in [-0.15, -0.1) is 0 Å². The van der Waals surface area contributed by atoms with Crippen LogP contribution in [0.5, 0.6) is 0 Å². The van der Waals surface area contributed by atoms with Crippen LogP contribution in [0.1, 0.15) is 83.7 Å². The summed E-state index contributed by atoms with van der Waals surface area (Å²) in [6.07, 6.45) is 9.23. The third kappa shape index (κ3) is 20.0. The molecule has 44 heavy (non-hydrogen) atoms. The number of primary amides is 1. The fourth-order valence-electron chi connectivity index (χ4n) is 3.98. The Bertz CT molecular complexity index is 1000. The fraction of sp³-hybridized carbons (Fsp3) is 0.679. The van der Waals surface area contributed by atoms with E-state index in [2.05, 4.69) is 31.2 Å². The second-order valence-electron chi connectivity index (χ2n) is 10.2. The van der Waals surface area contributed by atoms with Gasteiger partial charge in [0.2, 0.25) is 29.5 Å². The molecule has 0 saturated carbocycles. The van der Waals surface area contributed by atoms with Gasteiger partial charge in [-0.05, 0) is 58.0 Å². The molecule has 1 heterocycles. The Morgan fingerprint density at radius 1 is 0.841 bits per heavy atom. The van der Waals surface area contributed by atoms with E-state index in [9.17, 15) is 24.0 Å². The van der Waals surface area contributed by atoms with E-state index in [1.54, 1.807) is 0 Å². The van der Waals surface area contributed by atoms with Crippen molar-refractivity contribution in [3.63, 3.8) is 0 Å². The second kappa shape index (κ2) is 24.4. The third-order valence-corrected chi connectivity index (χ3v) is 6.27. The molecule has 0 fully saturated rings. The summed E-state index contributed by atoms with van der Waals surface area (Å²) in [7, 11) is 0. The minimum atomic E-state index is -1.07. The van der Waals surface area contributed by atoms with Crippen LogP contribution in [0.2, 0.25) is 0 Å². The number of hydrogen-bond donors (Lipinski definition) is 9. The summed E-state index contributed by atoms with van der Waals surface area (Å²) in [5, 5.41) is 17.9. The number of aromatic amines is 1. The molecule has 0 aliphatic carbocycles. The lowest BCUT2D eigenvalue weighted by Crippen LogP contribution is -2.55. The fourth-order valence-corrected chi connectivity index (χ4v) is 3.98. The largest absolute Gasteiger partial charge is 0.481 e. The Hall–Kier alpha value is -4.05. The van der Waals surface area contributed by atoms with Gasteiger partial charge < -0.3 is 48.6 Å². The molecule has 0 aliphatic rings. The number of carboxylic acids is 1. The first kappa shape index (κ1) is 40.0. The molecule has 1 aromatic rings. The van der Waals surface area contributed by atoms with Crippen molar-refractivity contribution in [1.29, 1.82) is 0 Å². The van der Waals surface area contributed by atoms with Gasteiger partial charge in [-0.25, -0.2) is 4.98 Å². The number of hydrogen-bond acceptors (Lipinski definition) is 9. The van der Waals surface area contributed by atoms with Gasteiger partial charge in [0.15, 0.2) is 0 Å². The topological polar surface area (TPSA) is 278 Å². The number of carboxylic acid groups (broad SMARTS) is 1. The van der Waals surface area contributed by atoms with Crippen LogP contribution in [0.25, 0.3) is 0 Å². The van der Waals surface area contributed by atoms with Gasteiger partial charge in [0.05, 0.1) is 12.9 Å². The summed E-state index contributed by atoms with van der Waals surface area (Å²) in [5.41, 5.74) is 17.1. The van der Waals surface area contributed by atoms with Gasteiger partial charge in [0, 0.05) is 31.7 Å². The van der Waals surface area contributed by atoms with Gasteiger partial charge in [0.1, 0.15) is 18.1 Å². The maximum atomic E-state index is 13.0. The summed E-state index contributed by atoms with van der Waals surface area (Å²) in [6, 6.07) is -2.79. The zero-order chi connectivity index (χ0) is 33.3. The molecule has 16 heteroatoms. The normalized spacial score (nSPS) is 12.5. The molecule has 1 rings (SSSR count). The molecule has 5 amide bonds. The molecule has 250 valence electrons. The van der Waals surface area contributed by atoms with Crippen molar-refractivity contribution in [3.05, 3.63) is 18.2 Å². The van der Waals surface area contributed by atoms with E-state index in [-0.39, 0.29) is 12.3 Å². The Morgan fingerprint density at radius 3 is 1.95 bits per heavy atom. The van der Waals surface area contributed by atoms with Crippen molar-refractivity contribution in [2.24, 2.45) is 17.2 Å². The maximum Gasteiger partial charge on any atom is 0.300 e. The first-order chi connectivity index (χ1) is 20.9. The number of aliphatic carboxylic acids is 1. The van der Waals surface area contributed by atoms with E-state index < -0.39 is 54.3 Å². The number of aromatic nitrogens is 2. The summed E-state index contributed by atoms with van der Waals surface area (Å²) in [6.45, 7) is 3.61. The van der Waals surface area contributed by atoms with Crippen molar-refractivity contribution in [1.82, 2.24) is 31.2 Å². The van der Waals surface area contributed by atoms with Gasteiger partial charge >= 0.3 is 0 Å². The molecule has 1 aromatic heterocycles. The van der Waals surface area contributed by atoms with Crippen molar-refractivity contribution in [2.45, 2.75) is 103 Å². The average molecular weight is 626 g/mol. The summed E-state index contributed by atoms with van der Waals surface area (Å²) in [4.78, 5) is 78.6. The monoisotopic (exact) mass is 625 g/mol. The zero-order valence-electron chi connectivity index (χ0n) is 25.9.